The highest BCUT2D eigenvalue weighted by atomic mass is 16.5. The van der Waals surface area contributed by atoms with E-state index in [0.29, 0.717) is 17.1 Å². The van der Waals surface area contributed by atoms with E-state index in [1.54, 1.807) is 13.3 Å². The van der Waals surface area contributed by atoms with Gasteiger partial charge in [0.15, 0.2) is 0 Å². The molecule has 0 aliphatic carbocycles. The summed E-state index contributed by atoms with van der Waals surface area (Å²) >= 11 is 0. The number of anilines is 3. The van der Waals surface area contributed by atoms with Gasteiger partial charge in [0.1, 0.15) is 17.6 Å². The number of nitriles is 1. The van der Waals surface area contributed by atoms with Gasteiger partial charge in [-0.1, -0.05) is 19.1 Å². The normalized spacial score (nSPS) is 11.5. The maximum absolute atomic E-state index is 9.54. The van der Waals surface area contributed by atoms with Crippen molar-refractivity contribution in [3.63, 3.8) is 0 Å². The molecule has 0 fully saturated rings. The summed E-state index contributed by atoms with van der Waals surface area (Å²) < 4.78 is 5.31. The van der Waals surface area contributed by atoms with Gasteiger partial charge in [-0.3, -0.25) is 0 Å². The molecule has 126 valence electrons. The van der Waals surface area contributed by atoms with E-state index in [2.05, 4.69) is 21.7 Å². The number of benzene rings is 1. The molecule has 0 bridgehead atoms. The van der Waals surface area contributed by atoms with Crippen molar-refractivity contribution in [1.82, 2.24) is 4.98 Å². The first kappa shape index (κ1) is 17.6. The van der Waals surface area contributed by atoms with Crippen molar-refractivity contribution in [2.75, 3.05) is 24.4 Å². The second kappa shape index (κ2) is 8.18. The van der Waals surface area contributed by atoms with Crippen LogP contribution in [0.3, 0.4) is 0 Å². The van der Waals surface area contributed by atoms with Crippen LogP contribution in [-0.2, 0) is 0 Å². The van der Waals surface area contributed by atoms with Gasteiger partial charge in [0, 0.05) is 6.04 Å². The number of para-hydroxylation sites is 2. The molecule has 0 amide bonds. The predicted octanol–water partition coefficient (Wildman–Crippen LogP) is 3.20. The molecule has 1 unspecified atom stereocenters. The van der Waals surface area contributed by atoms with Crippen LogP contribution in [0, 0.1) is 18.3 Å². The maximum atomic E-state index is 9.54. The minimum absolute atomic E-state index is 0.0268. The van der Waals surface area contributed by atoms with E-state index in [-0.39, 0.29) is 12.6 Å². The van der Waals surface area contributed by atoms with Crippen LogP contribution in [0.15, 0.2) is 30.5 Å². The highest BCUT2D eigenvalue weighted by molar-refractivity contribution is 5.72. The Morgan fingerprint density at radius 3 is 2.71 bits per heavy atom. The van der Waals surface area contributed by atoms with Crippen LogP contribution in [0.2, 0.25) is 0 Å². The summed E-state index contributed by atoms with van der Waals surface area (Å²) in [6, 6.07) is 9.60. The summed E-state index contributed by atoms with van der Waals surface area (Å²) in [5.41, 5.74) is 2.74. The molecule has 0 saturated carbocycles. The number of ether oxygens (including phenoxy) is 1. The first-order valence-electron chi connectivity index (χ1n) is 7.81. The molecular weight excluding hydrogens is 304 g/mol. The van der Waals surface area contributed by atoms with Crippen molar-refractivity contribution >= 4 is 17.2 Å². The van der Waals surface area contributed by atoms with Crippen LogP contribution in [0.1, 0.15) is 24.5 Å². The molecular formula is C18H22N4O2. The molecule has 0 spiro atoms. The maximum Gasteiger partial charge on any atom is 0.148 e. The van der Waals surface area contributed by atoms with Crippen LogP contribution in [0.4, 0.5) is 17.2 Å². The van der Waals surface area contributed by atoms with Gasteiger partial charge in [-0.2, -0.15) is 5.26 Å². The number of aliphatic hydroxyl groups is 1. The van der Waals surface area contributed by atoms with Gasteiger partial charge in [0.2, 0.25) is 0 Å². The number of nitrogens with zero attached hydrogens (tertiary/aromatic N) is 2. The Kier molecular flexibility index (Phi) is 5.99. The van der Waals surface area contributed by atoms with Gasteiger partial charge in [-0.15, -0.1) is 0 Å². The van der Waals surface area contributed by atoms with E-state index < -0.39 is 0 Å². The van der Waals surface area contributed by atoms with Gasteiger partial charge in [0.25, 0.3) is 0 Å². The summed E-state index contributed by atoms with van der Waals surface area (Å²) in [7, 11) is 1.59. The quantitative estimate of drug-likeness (QED) is 0.724. The summed E-state index contributed by atoms with van der Waals surface area (Å²) in [6.07, 6.45) is 2.45. The Balaban J connectivity index is 2.35. The number of pyridine rings is 1. The number of aromatic nitrogens is 1. The third kappa shape index (κ3) is 3.76. The van der Waals surface area contributed by atoms with Crippen molar-refractivity contribution in [1.29, 1.82) is 5.26 Å². The average molecular weight is 326 g/mol. The van der Waals surface area contributed by atoms with Crippen molar-refractivity contribution in [2.24, 2.45) is 0 Å². The van der Waals surface area contributed by atoms with E-state index in [0.717, 1.165) is 23.4 Å². The molecule has 0 radical (unpaired) electrons. The van der Waals surface area contributed by atoms with Gasteiger partial charge < -0.3 is 20.5 Å². The molecule has 6 nitrogen and oxygen atoms in total. The Labute approximate surface area is 142 Å². The lowest BCUT2D eigenvalue weighted by molar-refractivity contribution is 0.272. The summed E-state index contributed by atoms with van der Waals surface area (Å²) in [6.45, 7) is 3.87. The zero-order valence-corrected chi connectivity index (χ0v) is 14.1. The summed E-state index contributed by atoms with van der Waals surface area (Å²) in [5.74, 6) is 1.15. The second-order valence-electron chi connectivity index (χ2n) is 5.39. The van der Waals surface area contributed by atoms with Gasteiger partial charge in [-0.05, 0) is 31.0 Å². The number of hydrogen-bond donors (Lipinski definition) is 3. The average Bonchev–Trinajstić information content (AvgIpc) is 2.62. The second-order valence-corrected chi connectivity index (χ2v) is 5.39. The fourth-order valence-corrected chi connectivity index (χ4v) is 2.35. The highest BCUT2D eigenvalue weighted by Gasteiger charge is 2.15. The number of aliphatic hydroxyl groups excluding tert-OH is 1. The number of methoxy groups -OCH3 is 1. The van der Waals surface area contributed by atoms with Crippen LogP contribution in [0.25, 0.3) is 0 Å². The van der Waals surface area contributed by atoms with Gasteiger partial charge in [0.05, 0.1) is 36.9 Å². The van der Waals surface area contributed by atoms with E-state index in [1.165, 1.54) is 0 Å². The largest absolute Gasteiger partial charge is 0.495 e. The minimum Gasteiger partial charge on any atom is -0.495 e. The number of nitrogens with one attached hydrogen (secondary N) is 2. The van der Waals surface area contributed by atoms with Crippen LogP contribution < -0.4 is 15.4 Å². The summed E-state index contributed by atoms with van der Waals surface area (Å²) in [4.78, 5) is 4.37. The topological polar surface area (TPSA) is 90.2 Å². The lowest BCUT2D eigenvalue weighted by Crippen LogP contribution is -2.23. The molecule has 1 aromatic heterocycles. The zero-order valence-electron chi connectivity index (χ0n) is 14.1. The molecule has 2 rings (SSSR count). The zero-order chi connectivity index (χ0) is 17.5. The van der Waals surface area contributed by atoms with Crippen molar-refractivity contribution in [2.45, 2.75) is 26.3 Å². The molecule has 0 saturated heterocycles. The van der Waals surface area contributed by atoms with Crippen LogP contribution in [-0.4, -0.2) is 29.8 Å². The van der Waals surface area contributed by atoms with Crippen LogP contribution in [0.5, 0.6) is 5.75 Å². The highest BCUT2D eigenvalue weighted by Crippen LogP contribution is 2.30. The fourth-order valence-electron chi connectivity index (χ4n) is 2.35. The monoisotopic (exact) mass is 326 g/mol. The number of hydrogen-bond acceptors (Lipinski definition) is 6. The molecule has 1 aromatic carbocycles. The SMILES string of the molecule is CCC(CO)Nc1cnc(Nc2ccccc2OC)c(C#N)c1C. The lowest BCUT2D eigenvalue weighted by Gasteiger charge is -2.19. The smallest absolute Gasteiger partial charge is 0.148 e. The Bertz CT molecular complexity index is 736. The molecule has 1 atom stereocenters. The Hall–Kier alpha value is -2.78. The molecule has 0 aliphatic rings. The Morgan fingerprint density at radius 1 is 1.33 bits per heavy atom. The predicted molar refractivity (Wildman–Crippen MR) is 94.8 cm³/mol. The standard InChI is InChI=1S/C18H22N4O2/c1-4-13(11-23)21-16-10-20-18(14(9-19)12(16)2)22-15-7-5-6-8-17(15)24-3/h5-8,10,13,21,23H,4,11H2,1-3H3,(H,20,22). The molecule has 24 heavy (non-hydrogen) atoms. The molecule has 6 heteroatoms. The molecule has 1 heterocycles. The third-order valence-corrected chi connectivity index (χ3v) is 3.88. The summed E-state index contributed by atoms with van der Waals surface area (Å²) in [5, 5.41) is 25.3. The molecule has 0 aliphatic heterocycles. The number of rotatable bonds is 7. The minimum atomic E-state index is -0.0648. The Morgan fingerprint density at radius 2 is 2.08 bits per heavy atom. The van der Waals surface area contributed by atoms with Gasteiger partial charge in [-0.25, -0.2) is 4.98 Å². The van der Waals surface area contributed by atoms with E-state index in [1.807, 2.05) is 38.1 Å². The first-order chi connectivity index (χ1) is 11.6. The van der Waals surface area contributed by atoms with E-state index in [9.17, 15) is 10.4 Å². The van der Waals surface area contributed by atoms with Crippen molar-refractivity contribution in [3.05, 3.63) is 41.6 Å². The lowest BCUT2D eigenvalue weighted by atomic mass is 10.1. The molecule has 3 N–H and O–H groups in total. The third-order valence-electron chi connectivity index (χ3n) is 3.88. The van der Waals surface area contributed by atoms with Crippen LogP contribution >= 0.6 is 0 Å². The van der Waals surface area contributed by atoms with Crippen molar-refractivity contribution < 1.29 is 9.84 Å². The van der Waals surface area contributed by atoms with E-state index in [4.69, 9.17) is 4.74 Å². The van der Waals surface area contributed by atoms with E-state index >= 15 is 0 Å². The van der Waals surface area contributed by atoms with Gasteiger partial charge >= 0.3 is 0 Å². The molecule has 2 aromatic rings. The van der Waals surface area contributed by atoms with Crippen molar-refractivity contribution in [3.8, 4) is 11.8 Å². The fraction of sp³-hybridized carbons (Fsp3) is 0.333. The first-order valence-corrected chi connectivity index (χ1v) is 7.81.